The minimum Gasteiger partial charge on any atom is -0.507 e. The predicted molar refractivity (Wildman–Crippen MR) is 80.9 cm³/mol. The number of nitrogens with zero attached hydrogens (tertiary/aromatic N) is 2. The van der Waals surface area contributed by atoms with Crippen LogP contribution in [0.2, 0.25) is 0 Å². The number of nitro groups is 1. The lowest BCUT2D eigenvalue weighted by atomic mass is 10.2. The maximum atomic E-state index is 10.7. The molecule has 0 saturated heterocycles. The number of aromatic hydroxyl groups is 1. The van der Waals surface area contributed by atoms with Gasteiger partial charge in [-0.15, -0.1) is 0 Å². The van der Waals surface area contributed by atoms with Gasteiger partial charge in [0, 0.05) is 28.4 Å². The van der Waals surface area contributed by atoms with E-state index in [1.54, 1.807) is 0 Å². The predicted octanol–water partition coefficient (Wildman–Crippen LogP) is 4.12. The Labute approximate surface area is 123 Å². The molecule has 0 atom stereocenters. The zero-order valence-electron chi connectivity index (χ0n) is 10.6. The fourth-order valence-corrected chi connectivity index (χ4v) is 2.14. The van der Waals surface area contributed by atoms with Gasteiger partial charge >= 0.3 is 0 Å². The molecule has 20 heavy (non-hydrogen) atoms. The van der Waals surface area contributed by atoms with Crippen molar-refractivity contribution >= 4 is 33.5 Å². The number of halogens is 1. The lowest BCUT2D eigenvalue weighted by Gasteiger charge is -2.01. The zero-order chi connectivity index (χ0) is 14.7. The van der Waals surface area contributed by atoms with Crippen LogP contribution >= 0.6 is 15.9 Å². The molecule has 2 aromatic carbocycles. The minimum atomic E-state index is -0.512. The molecule has 0 saturated carbocycles. The molecule has 5 nitrogen and oxygen atoms in total. The molecule has 2 rings (SSSR count). The molecule has 2 aromatic rings. The molecule has 0 spiro atoms. The van der Waals surface area contributed by atoms with Crippen LogP contribution in [0.1, 0.15) is 11.1 Å². The summed E-state index contributed by atoms with van der Waals surface area (Å²) in [6.07, 6.45) is 1.42. The van der Waals surface area contributed by atoms with Crippen molar-refractivity contribution in [1.82, 2.24) is 0 Å². The Bertz CT molecular complexity index is 699. The van der Waals surface area contributed by atoms with Crippen molar-refractivity contribution < 1.29 is 10.0 Å². The molecule has 0 unspecified atom stereocenters. The number of non-ortho nitro benzene ring substituents is 1. The summed E-state index contributed by atoms with van der Waals surface area (Å²) in [5.41, 5.74) is 1.91. The van der Waals surface area contributed by atoms with Crippen molar-refractivity contribution in [2.75, 3.05) is 0 Å². The summed E-state index contributed by atoms with van der Waals surface area (Å²) >= 11 is 3.36. The smallest absolute Gasteiger partial charge is 0.270 e. The van der Waals surface area contributed by atoms with Crippen LogP contribution in [0, 0.1) is 17.0 Å². The zero-order valence-corrected chi connectivity index (χ0v) is 12.2. The molecule has 102 valence electrons. The molecule has 0 fully saturated rings. The van der Waals surface area contributed by atoms with E-state index in [0.717, 1.165) is 15.7 Å². The molecule has 0 bridgehead atoms. The number of phenolic OH excluding ortho intramolecular Hbond substituents is 1. The van der Waals surface area contributed by atoms with E-state index in [2.05, 4.69) is 20.9 Å². The maximum absolute atomic E-state index is 10.7. The Morgan fingerprint density at radius 2 is 2.05 bits per heavy atom. The Morgan fingerprint density at radius 1 is 1.30 bits per heavy atom. The summed E-state index contributed by atoms with van der Waals surface area (Å²) in [5.74, 6) is -0.0471. The highest BCUT2D eigenvalue weighted by Gasteiger charge is 2.08. The first-order chi connectivity index (χ1) is 9.47. The largest absolute Gasteiger partial charge is 0.507 e. The van der Waals surface area contributed by atoms with Crippen molar-refractivity contribution in [3.05, 3.63) is 62.1 Å². The van der Waals surface area contributed by atoms with Gasteiger partial charge in [0.25, 0.3) is 5.69 Å². The second kappa shape index (κ2) is 5.83. The first-order valence-electron chi connectivity index (χ1n) is 5.75. The number of hydrogen-bond acceptors (Lipinski definition) is 4. The molecule has 0 aliphatic rings. The van der Waals surface area contributed by atoms with Crippen molar-refractivity contribution in [2.45, 2.75) is 6.92 Å². The Balaban J connectivity index is 2.35. The van der Waals surface area contributed by atoms with E-state index in [0.29, 0.717) is 5.56 Å². The number of phenols is 1. The number of nitro benzene ring substituents is 1. The number of rotatable bonds is 3. The van der Waals surface area contributed by atoms with Crippen LogP contribution in [0.25, 0.3) is 0 Å². The van der Waals surface area contributed by atoms with E-state index >= 15 is 0 Å². The summed E-state index contributed by atoms with van der Waals surface area (Å²) in [5, 5.41) is 20.4. The summed E-state index contributed by atoms with van der Waals surface area (Å²) in [4.78, 5) is 14.4. The van der Waals surface area contributed by atoms with E-state index in [9.17, 15) is 15.2 Å². The third kappa shape index (κ3) is 3.21. The van der Waals surface area contributed by atoms with E-state index in [-0.39, 0.29) is 11.4 Å². The van der Waals surface area contributed by atoms with Crippen LogP contribution in [0.3, 0.4) is 0 Å². The first kappa shape index (κ1) is 14.2. The van der Waals surface area contributed by atoms with Crippen LogP contribution in [0.5, 0.6) is 5.75 Å². The van der Waals surface area contributed by atoms with E-state index in [4.69, 9.17) is 0 Å². The Morgan fingerprint density at radius 3 is 2.70 bits per heavy atom. The van der Waals surface area contributed by atoms with Gasteiger partial charge in [-0.3, -0.25) is 15.1 Å². The third-order valence-electron chi connectivity index (χ3n) is 2.72. The molecule has 0 aromatic heterocycles. The highest BCUT2D eigenvalue weighted by atomic mass is 79.9. The van der Waals surface area contributed by atoms with Gasteiger partial charge in [0.1, 0.15) is 5.75 Å². The standard InChI is InChI=1S/C14H11BrN2O3/c1-9-6-11(15)2-4-13(9)16-8-10-7-12(17(19)20)3-5-14(10)18/h2-8,18H,1H3. The molecule has 0 heterocycles. The first-order valence-corrected chi connectivity index (χ1v) is 6.54. The van der Waals surface area contributed by atoms with Gasteiger partial charge < -0.3 is 5.11 Å². The lowest BCUT2D eigenvalue weighted by Crippen LogP contribution is -1.90. The van der Waals surface area contributed by atoms with E-state index in [1.807, 2.05) is 25.1 Å². The molecule has 0 aliphatic carbocycles. The fraction of sp³-hybridized carbons (Fsp3) is 0.0714. The van der Waals surface area contributed by atoms with E-state index < -0.39 is 4.92 Å². The summed E-state index contributed by atoms with van der Waals surface area (Å²) < 4.78 is 0.951. The van der Waals surface area contributed by atoms with Gasteiger partial charge in [0.05, 0.1) is 10.6 Å². The number of aliphatic imine (C=N–C) groups is 1. The molecule has 0 amide bonds. The highest BCUT2D eigenvalue weighted by Crippen LogP contribution is 2.25. The minimum absolute atomic E-state index is 0.0471. The van der Waals surface area contributed by atoms with Crippen LogP contribution in [0.15, 0.2) is 45.9 Å². The number of hydrogen-bond donors (Lipinski definition) is 1. The van der Waals surface area contributed by atoms with Gasteiger partial charge in [-0.25, -0.2) is 0 Å². The molecule has 0 aliphatic heterocycles. The lowest BCUT2D eigenvalue weighted by molar-refractivity contribution is -0.384. The number of benzene rings is 2. The number of aryl methyl sites for hydroxylation is 1. The topological polar surface area (TPSA) is 75.7 Å². The Hall–Kier alpha value is -2.21. The third-order valence-corrected chi connectivity index (χ3v) is 3.22. The summed E-state index contributed by atoms with van der Waals surface area (Å²) in [6.45, 7) is 1.91. The van der Waals surface area contributed by atoms with Crippen LogP contribution in [0.4, 0.5) is 11.4 Å². The fourth-order valence-electron chi connectivity index (χ4n) is 1.66. The average molecular weight is 335 g/mol. The van der Waals surface area contributed by atoms with Gasteiger partial charge in [0.15, 0.2) is 0 Å². The second-order valence-corrected chi connectivity index (χ2v) is 5.10. The maximum Gasteiger partial charge on any atom is 0.270 e. The Kier molecular flexibility index (Phi) is 4.14. The second-order valence-electron chi connectivity index (χ2n) is 4.19. The van der Waals surface area contributed by atoms with Gasteiger partial charge in [-0.2, -0.15) is 0 Å². The molecule has 0 radical (unpaired) electrons. The molecular formula is C14H11BrN2O3. The van der Waals surface area contributed by atoms with Crippen LogP contribution in [-0.2, 0) is 0 Å². The van der Waals surface area contributed by atoms with Gasteiger partial charge in [0.2, 0.25) is 0 Å². The van der Waals surface area contributed by atoms with Gasteiger partial charge in [-0.05, 0) is 36.8 Å². The quantitative estimate of drug-likeness (QED) is 0.521. The van der Waals surface area contributed by atoms with Crippen molar-refractivity contribution in [2.24, 2.45) is 4.99 Å². The van der Waals surface area contributed by atoms with Crippen molar-refractivity contribution in [1.29, 1.82) is 0 Å². The van der Waals surface area contributed by atoms with E-state index in [1.165, 1.54) is 24.4 Å². The SMILES string of the molecule is Cc1cc(Br)ccc1N=Cc1cc([N+](=O)[O-])ccc1O. The molecule has 6 heteroatoms. The van der Waals surface area contributed by atoms with Gasteiger partial charge in [-0.1, -0.05) is 15.9 Å². The van der Waals surface area contributed by atoms with Crippen molar-refractivity contribution in [3.63, 3.8) is 0 Å². The summed E-state index contributed by atoms with van der Waals surface area (Å²) in [6, 6.07) is 9.41. The highest BCUT2D eigenvalue weighted by molar-refractivity contribution is 9.10. The van der Waals surface area contributed by atoms with Crippen molar-refractivity contribution in [3.8, 4) is 5.75 Å². The summed E-state index contributed by atoms with van der Waals surface area (Å²) in [7, 11) is 0. The normalized spacial score (nSPS) is 10.9. The van der Waals surface area contributed by atoms with Crippen LogP contribution < -0.4 is 0 Å². The average Bonchev–Trinajstić information content (AvgIpc) is 2.39. The van der Waals surface area contributed by atoms with Crippen LogP contribution in [-0.4, -0.2) is 16.2 Å². The molecule has 1 N–H and O–H groups in total. The molecular weight excluding hydrogens is 324 g/mol. The monoisotopic (exact) mass is 334 g/mol.